The lowest BCUT2D eigenvalue weighted by Gasteiger charge is -2.36. The van der Waals surface area contributed by atoms with Crippen LogP contribution in [0.25, 0.3) is 0 Å². The molecule has 1 N–H and O–H groups in total. The number of amides is 2. The smallest absolute Gasteiger partial charge is 0.256 e. The summed E-state index contributed by atoms with van der Waals surface area (Å²) in [6.07, 6.45) is 0. The number of benzene rings is 2. The van der Waals surface area contributed by atoms with Crippen LogP contribution in [-0.4, -0.2) is 42.9 Å². The van der Waals surface area contributed by atoms with Crippen molar-refractivity contribution in [1.29, 1.82) is 0 Å². The number of para-hydroxylation sites is 2. The van der Waals surface area contributed by atoms with E-state index in [-0.39, 0.29) is 11.8 Å². The number of carbonyl (C=O) groups is 2. The number of hydrogen-bond acceptors (Lipinski definition) is 3. The van der Waals surface area contributed by atoms with Gasteiger partial charge < -0.3 is 15.1 Å². The van der Waals surface area contributed by atoms with E-state index in [0.29, 0.717) is 18.7 Å². The van der Waals surface area contributed by atoms with Crippen molar-refractivity contribution in [3.05, 3.63) is 57.7 Å². The van der Waals surface area contributed by atoms with Gasteiger partial charge in [-0.1, -0.05) is 24.3 Å². The zero-order valence-electron chi connectivity index (χ0n) is 14.0. The van der Waals surface area contributed by atoms with E-state index in [1.54, 1.807) is 6.92 Å². The van der Waals surface area contributed by atoms with E-state index < -0.39 is 0 Å². The number of nitrogens with one attached hydrogen (secondary N) is 1. The highest BCUT2D eigenvalue weighted by atomic mass is 127. The molecule has 2 aromatic carbocycles. The van der Waals surface area contributed by atoms with Crippen LogP contribution in [0.1, 0.15) is 17.3 Å². The standard InChI is InChI=1S/C19H20IN3O2/c1-14(24)22-10-12-23(13-11-22)18-9-5-4-8-17(18)21-19(25)15-6-2-3-7-16(15)20/h2-9H,10-13H2,1H3,(H,21,25). The van der Waals surface area contributed by atoms with Crippen molar-refractivity contribution in [2.45, 2.75) is 6.92 Å². The minimum atomic E-state index is -0.111. The molecule has 0 radical (unpaired) electrons. The summed E-state index contributed by atoms with van der Waals surface area (Å²) in [5.74, 6) is -0.000266. The number of rotatable bonds is 3. The summed E-state index contributed by atoms with van der Waals surface area (Å²) in [6.45, 7) is 4.53. The molecule has 3 rings (SSSR count). The first kappa shape index (κ1) is 17.7. The third kappa shape index (κ3) is 4.12. The molecule has 1 aliphatic heterocycles. The third-order valence-corrected chi connectivity index (χ3v) is 5.28. The molecule has 2 amide bonds. The van der Waals surface area contributed by atoms with Crippen molar-refractivity contribution < 1.29 is 9.59 Å². The molecule has 5 nitrogen and oxygen atoms in total. The van der Waals surface area contributed by atoms with E-state index in [9.17, 15) is 9.59 Å². The first-order valence-electron chi connectivity index (χ1n) is 8.21. The first-order chi connectivity index (χ1) is 12.1. The fraction of sp³-hybridized carbons (Fsp3) is 0.263. The lowest BCUT2D eigenvalue weighted by atomic mass is 10.1. The molecule has 130 valence electrons. The molecule has 6 heteroatoms. The Kier molecular flexibility index (Phi) is 5.57. The second kappa shape index (κ2) is 7.86. The zero-order valence-corrected chi connectivity index (χ0v) is 16.2. The molecule has 1 fully saturated rings. The fourth-order valence-corrected chi connectivity index (χ4v) is 3.58. The normalized spacial score (nSPS) is 14.3. The van der Waals surface area contributed by atoms with Crippen LogP contribution in [-0.2, 0) is 4.79 Å². The van der Waals surface area contributed by atoms with E-state index in [2.05, 4.69) is 32.8 Å². The minimum absolute atomic E-state index is 0.111. The summed E-state index contributed by atoms with van der Waals surface area (Å²) >= 11 is 2.17. The Morgan fingerprint density at radius 2 is 1.60 bits per heavy atom. The van der Waals surface area contributed by atoms with Crippen molar-refractivity contribution in [1.82, 2.24) is 4.90 Å². The minimum Gasteiger partial charge on any atom is -0.366 e. The third-order valence-electron chi connectivity index (χ3n) is 4.34. The molecular formula is C19H20IN3O2. The molecule has 0 atom stereocenters. The summed E-state index contributed by atoms with van der Waals surface area (Å²) in [6, 6.07) is 15.3. The molecule has 0 aromatic heterocycles. The van der Waals surface area contributed by atoms with Crippen molar-refractivity contribution >= 4 is 45.8 Å². The Morgan fingerprint density at radius 3 is 2.28 bits per heavy atom. The van der Waals surface area contributed by atoms with Crippen LogP contribution >= 0.6 is 22.6 Å². The average molecular weight is 449 g/mol. The lowest BCUT2D eigenvalue weighted by Crippen LogP contribution is -2.48. The fourth-order valence-electron chi connectivity index (χ4n) is 2.95. The summed E-state index contributed by atoms with van der Waals surface area (Å²) in [7, 11) is 0. The van der Waals surface area contributed by atoms with E-state index in [1.165, 1.54) is 0 Å². The van der Waals surface area contributed by atoms with Crippen LogP contribution in [0.2, 0.25) is 0 Å². The molecule has 1 saturated heterocycles. The highest BCUT2D eigenvalue weighted by molar-refractivity contribution is 14.1. The van der Waals surface area contributed by atoms with Crippen LogP contribution in [0.15, 0.2) is 48.5 Å². The Labute approximate surface area is 161 Å². The zero-order chi connectivity index (χ0) is 17.8. The van der Waals surface area contributed by atoms with Crippen LogP contribution in [0.4, 0.5) is 11.4 Å². The molecule has 25 heavy (non-hydrogen) atoms. The lowest BCUT2D eigenvalue weighted by molar-refractivity contribution is -0.129. The Morgan fingerprint density at radius 1 is 0.960 bits per heavy atom. The summed E-state index contributed by atoms with van der Waals surface area (Å²) in [4.78, 5) is 28.2. The second-order valence-electron chi connectivity index (χ2n) is 5.94. The number of hydrogen-bond donors (Lipinski definition) is 1. The van der Waals surface area contributed by atoms with E-state index in [4.69, 9.17) is 0 Å². The Hall–Kier alpha value is -2.09. The van der Waals surface area contributed by atoms with Gasteiger partial charge in [-0.3, -0.25) is 9.59 Å². The summed E-state index contributed by atoms with van der Waals surface area (Å²) < 4.78 is 0.921. The van der Waals surface area contributed by atoms with Gasteiger partial charge in [0.25, 0.3) is 5.91 Å². The van der Waals surface area contributed by atoms with E-state index in [0.717, 1.165) is 28.0 Å². The van der Waals surface area contributed by atoms with Crippen molar-refractivity contribution in [3.63, 3.8) is 0 Å². The van der Waals surface area contributed by atoms with Crippen LogP contribution in [0.5, 0.6) is 0 Å². The molecule has 0 bridgehead atoms. The molecule has 0 saturated carbocycles. The molecule has 0 aliphatic carbocycles. The highest BCUT2D eigenvalue weighted by Gasteiger charge is 2.21. The Balaban J connectivity index is 1.77. The number of carbonyl (C=O) groups excluding carboxylic acids is 2. The Bertz CT molecular complexity index is 786. The topological polar surface area (TPSA) is 52.7 Å². The summed E-state index contributed by atoms with van der Waals surface area (Å²) in [5, 5.41) is 3.03. The quantitative estimate of drug-likeness (QED) is 0.733. The van der Waals surface area contributed by atoms with Gasteiger partial charge in [-0.15, -0.1) is 0 Å². The van der Waals surface area contributed by atoms with E-state index >= 15 is 0 Å². The van der Waals surface area contributed by atoms with Crippen molar-refractivity contribution in [3.8, 4) is 0 Å². The van der Waals surface area contributed by atoms with Gasteiger partial charge in [0.15, 0.2) is 0 Å². The van der Waals surface area contributed by atoms with E-state index in [1.807, 2.05) is 53.4 Å². The maximum absolute atomic E-state index is 12.6. The van der Waals surface area contributed by atoms with Crippen LogP contribution < -0.4 is 10.2 Å². The molecule has 0 spiro atoms. The average Bonchev–Trinajstić information content (AvgIpc) is 2.62. The monoisotopic (exact) mass is 449 g/mol. The van der Waals surface area contributed by atoms with Gasteiger partial charge in [0.05, 0.1) is 16.9 Å². The predicted molar refractivity (Wildman–Crippen MR) is 108 cm³/mol. The number of nitrogens with zero attached hydrogens (tertiary/aromatic N) is 2. The van der Waals surface area contributed by atoms with Crippen LogP contribution in [0.3, 0.4) is 0 Å². The summed E-state index contributed by atoms with van der Waals surface area (Å²) in [5.41, 5.74) is 2.45. The molecule has 2 aromatic rings. The number of anilines is 2. The largest absolute Gasteiger partial charge is 0.366 e. The van der Waals surface area contributed by atoms with Gasteiger partial charge in [0.2, 0.25) is 5.91 Å². The van der Waals surface area contributed by atoms with Gasteiger partial charge in [0, 0.05) is 36.7 Å². The maximum atomic E-state index is 12.6. The van der Waals surface area contributed by atoms with Gasteiger partial charge in [0.1, 0.15) is 0 Å². The van der Waals surface area contributed by atoms with Gasteiger partial charge in [-0.25, -0.2) is 0 Å². The molecule has 0 unspecified atom stereocenters. The molecule has 1 aliphatic rings. The molecular weight excluding hydrogens is 429 g/mol. The van der Waals surface area contributed by atoms with Gasteiger partial charge in [-0.2, -0.15) is 0 Å². The number of piperazine rings is 1. The van der Waals surface area contributed by atoms with Gasteiger partial charge in [-0.05, 0) is 46.9 Å². The van der Waals surface area contributed by atoms with Crippen molar-refractivity contribution in [2.75, 3.05) is 36.4 Å². The van der Waals surface area contributed by atoms with Crippen LogP contribution in [0, 0.1) is 3.57 Å². The van der Waals surface area contributed by atoms with Crippen molar-refractivity contribution in [2.24, 2.45) is 0 Å². The molecule has 1 heterocycles. The van der Waals surface area contributed by atoms with Gasteiger partial charge >= 0.3 is 0 Å². The highest BCUT2D eigenvalue weighted by Crippen LogP contribution is 2.27. The number of halogens is 1. The maximum Gasteiger partial charge on any atom is 0.256 e. The predicted octanol–water partition coefficient (Wildman–Crippen LogP) is 3.21. The second-order valence-corrected chi connectivity index (χ2v) is 7.11. The first-order valence-corrected chi connectivity index (χ1v) is 9.29. The SMILES string of the molecule is CC(=O)N1CCN(c2ccccc2NC(=O)c2ccccc2I)CC1.